The molecule has 0 saturated heterocycles. The minimum absolute atomic E-state index is 0.881. The summed E-state index contributed by atoms with van der Waals surface area (Å²) in [6.07, 6.45) is 11.5. The van der Waals surface area contributed by atoms with Crippen molar-refractivity contribution in [2.75, 3.05) is 20.6 Å². The van der Waals surface area contributed by atoms with E-state index in [1.807, 2.05) is 7.05 Å². The van der Waals surface area contributed by atoms with Crippen LogP contribution in [-0.2, 0) is 0 Å². The molecule has 0 saturated carbocycles. The average Bonchev–Trinajstić information content (AvgIpc) is 2.53. The largest absolute Gasteiger partial charge is 0.356 e. The van der Waals surface area contributed by atoms with Crippen LogP contribution in [0.5, 0.6) is 0 Å². The van der Waals surface area contributed by atoms with Gasteiger partial charge in [-0.25, -0.2) is 0 Å². The summed E-state index contributed by atoms with van der Waals surface area (Å²) in [5, 5.41) is 3.23. The van der Waals surface area contributed by atoms with Crippen molar-refractivity contribution in [3.8, 4) is 0 Å². The number of hydrogen-bond acceptors (Lipinski definition) is 1. The molecule has 0 aromatic heterocycles. The standard InChI is InChI=1S/C12H19N3/c1-4-14-12(13-2)15(3)11-9-7-5-6-8-10-11/h5-7,9-10H,4,8H2,1-3H3,(H,13,14). The monoisotopic (exact) mass is 205 g/mol. The first kappa shape index (κ1) is 11.6. The van der Waals surface area contributed by atoms with Gasteiger partial charge in [0.2, 0.25) is 0 Å². The Morgan fingerprint density at radius 2 is 2.33 bits per heavy atom. The van der Waals surface area contributed by atoms with Crippen LogP contribution in [0, 0.1) is 0 Å². The Morgan fingerprint density at radius 3 is 3.00 bits per heavy atom. The smallest absolute Gasteiger partial charge is 0.197 e. The fourth-order valence-electron chi connectivity index (χ4n) is 1.44. The molecule has 0 radical (unpaired) electrons. The highest BCUT2D eigenvalue weighted by Gasteiger charge is 2.07. The third-order valence-corrected chi connectivity index (χ3v) is 2.23. The molecule has 1 N–H and O–H groups in total. The van der Waals surface area contributed by atoms with E-state index in [4.69, 9.17) is 0 Å². The Hall–Kier alpha value is -1.51. The molecule has 0 bridgehead atoms. The van der Waals surface area contributed by atoms with Crippen molar-refractivity contribution in [2.24, 2.45) is 4.99 Å². The van der Waals surface area contributed by atoms with Gasteiger partial charge in [-0.1, -0.05) is 24.3 Å². The molecule has 0 fully saturated rings. The predicted octanol–water partition coefficient (Wildman–Crippen LogP) is 1.91. The Kier molecular flexibility index (Phi) is 4.68. The molecule has 3 nitrogen and oxygen atoms in total. The Labute approximate surface area is 91.9 Å². The summed E-state index contributed by atoms with van der Waals surface area (Å²) in [7, 11) is 3.82. The van der Waals surface area contributed by atoms with Crippen LogP contribution >= 0.6 is 0 Å². The summed E-state index contributed by atoms with van der Waals surface area (Å²) >= 11 is 0. The van der Waals surface area contributed by atoms with E-state index in [0.29, 0.717) is 0 Å². The molecule has 0 spiro atoms. The summed E-state index contributed by atoms with van der Waals surface area (Å²) < 4.78 is 0. The maximum absolute atomic E-state index is 4.22. The van der Waals surface area contributed by atoms with Gasteiger partial charge in [-0.2, -0.15) is 0 Å². The van der Waals surface area contributed by atoms with E-state index < -0.39 is 0 Å². The number of likely N-dealkylation sites (N-methyl/N-ethyl adjacent to an activating group) is 1. The summed E-state index contributed by atoms with van der Waals surface area (Å²) in [5.41, 5.74) is 1.17. The van der Waals surface area contributed by atoms with Gasteiger partial charge in [0.25, 0.3) is 0 Å². The minimum Gasteiger partial charge on any atom is -0.356 e. The SMILES string of the molecule is CCNC(=NC)N(C)C1=CCC=CC=C1. The van der Waals surface area contributed by atoms with E-state index in [1.54, 1.807) is 7.05 Å². The maximum Gasteiger partial charge on any atom is 0.197 e. The molecular weight excluding hydrogens is 186 g/mol. The first-order valence-corrected chi connectivity index (χ1v) is 5.27. The van der Waals surface area contributed by atoms with Crippen LogP contribution in [0.3, 0.4) is 0 Å². The lowest BCUT2D eigenvalue weighted by Crippen LogP contribution is -2.37. The Morgan fingerprint density at radius 1 is 1.53 bits per heavy atom. The predicted molar refractivity (Wildman–Crippen MR) is 65.8 cm³/mol. The second-order valence-electron chi connectivity index (χ2n) is 3.29. The number of nitrogens with zero attached hydrogens (tertiary/aromatic N) is 2. The number of guanidine groups is 1. The Bertz CT molecular complexity index is 311. The third-order valence-electron chi connectivity index (χ3n) is 2.23. The van der Waals surface area contributed by atoms with Gasteiger partial charge in [0.05, 0.1) is 0 Å². The van der Waals surface area contributed by atoms with Gasteiger partial charge >= 0.3 is 0 Å². The molecule has 1 aliphatic rings. The van der Waals surface area contributed by atoms with Crippen molar-refractivity contribution < 1.29 is 0 Å². The highest BCUT2D eigenvalue weighted by atomic mass is 15.3. The molecule has 1 rings (SSSR count). The van der Waals surface area contributed by atoms with Crippen LogP contribution in [0.25, 0.3) is 0 Å². The Balaban J connectivity index is 2.74. The number of rotatable bonds is 2. The van der Waals surface area contributed by atoms with Gasteiger partial charge < -0.3 is 10.2 Å². The lowest BCUT2D eigenvalue weighted by molar-refractivity contribution is 0.607. The van der Waals surface area contributed by atoms with E-state index >= 15 is 0 Å². The first-order valence-electron chi connectivity index (χ1n) is 5.27. The fraction of sp³-hybridized carbons (Fsp3) is 0.417. The van der Waals surface area contributed by atoms with Crippen LogP contribution in [0.15, 0.2) is 41.1 Å². The number of hydrogen-bond donors (Lipinski definition) is 1. The topological polar surface area (TPSA) is 27.6 Å². The summed E-state index contributed by atoms with van der Waals surface area (Å²) in [5.74, 6) is 0.898. The number of nitrogens with one attached hydrogen (secondary N) is 1. The van der Waals surface area contributed by atoms with Crippen LogP contribution < -0.4 is 5.32 Å². The second kappa shape index (κ2) is 6.06. The van der Waals surface area contributed by atoms with Crippen molar-refractivity contribution in [1.82, 2.24) is 10.2 Å². The van der Waals surface area contributed by atoms with Gasteiger partial charge in [-0.3, -0.25) is 4.99 Å². The lowest BCUT2D eigenvalue weighted by Gasteiger charge is -2.22. The first-order chi connectivity index (χ1) is 7.29. The number of allylic oxidation sites excluding steroid dienone is 5. The van der Waals surface area contributed by atoms with Gasteiger partial charge in [-0.15, -0.1) is 0 Å². The lowest BCUT2D eigenvalue weighted by atomic mass is 10.3. The molecule has 0 aromatic carbocycles. The third kappa shape index (κ3) is 3.27. The fourth-order valence-corrected chi connectivity index (χ4v) is 1.44. The summed E-state index contributed by atoms with van der Waals surface area (Å²) in [6.45, 7) is 2.95. The highest BCUT2D eigenvalue weighted by molar-refractivity contribution is 5.81. The van der Waals surface area contributed by atoms with E-state index in [9.17, 15) is 0 Å². The van der Waals surface area contributed by atoms with Crippen molar-refractivity contribution in [1.29, 1.82) is 0 Å². The van der Waals surface area contributed by atoms with Gasteiger partial charge in [0.1, 0.15) is 0 Å². The molecule has 0 heterocycles. The van der Waals surface area contributed by atoms with Gasteiger partial charge in [-0.05, 0) is 19.4 Å². The molecule has 0 amide bonds. The zero-order valence-electron chi connectivity index (χ0n) is 9.70. The van der Waals surface area contributed by atoms with E-state index in [-0.39, 0.29) is 0 Å². The molecule has 15 heavy (non-hydrogen) atoms. The van der Waals surface area contributed by atoms with Crippen LogP contribution in [0.4, 0.5) is 0 Å². The number of aliphatic imine (C=N–C) groups is 1. The second-order valence-corrected chi connectivity index (χ2v) is 3.29. The van der Waals surface area contributed by atoms with Gasteiger partial charge in [0.15, 0.2) is 5.96 Å². The highest BCUT2D eigenvalue weighted by Crippen LogP contribution is 2.09. The zero-order valence-corrected chi connectivity index (χ0v) is 9.70. The molecule has 0 unspecified atom stereocenters. The zero-order chi connectivity index (χ0) is 11.1. The van der Waals surface area contributed by atoms with Crippen molar-refractivity contribution in [3.63, 3.8) is 0 Å². The average molecular weight is 205 g/mol. The van der Waals surface area contributed by atoms with Gasteiger partial charge in [0, 0.05) is 26.3 Å². The normalized spacial score (nSPS) is 15.9. The van der Waals surface area contributed by atoms with Crippen molar-refractivity contribution in [2.45, 2.75) is 13.3 Å². The molecule has 0 atom stereocenters. The van der Waals surface area contributed by atoms with Crippen LogP contribution in [0.2, 0.25) is 0 Å². The van der Waals surface area contributed by atoms with E-state index in [2.05, 4.69) is 52.5 Å². The van der Waals surface area contributed by atoms with E-state index in [0.717, 1.165) is 18.9 Å². The molecule has 0 aliphatic heterocycles. The molecule has 0 aromatic rings. The van der Waals surface area contributed by atoms with Crippen molar-refractivity contribution >= 4 is 5.96 Å². The van der Waals surface area contributed by atoms with Crippen LogP contribution in [0.1, 0.15) is 13.3 Å². The maximum atomic E-state index is 4.22. The molecule has 1 aliphatic carbocycles. The van der Waals surface area contributed by atoms with E-state index in [1.165, 1.54) is 5.70 Å². The van der Waals surface area contributed by atoms with Crippen molar-refractivity contribution in [3.05, 3.63) is 36.1 Å². The summed E-state index contributed by atoms with van der Waals surface area (Å²) in [4.78, 5) is 6.28. The minimum atomic E-state index is 0.881. The summed E-state index contributed by atoms with van der Waals surface area (Å²) in [6, 6.07) is 0. The molecule has 3 heteroatoms. The quantitative estimate of drug-likeness (QED) is 0.551. The molecule has 82 valence electrons. The van der Waals surface area contributed by atoms with Crippen LogP contribution in [-0.4, -0.2) is 31.5 Å². The molecular formula is C12H19N3.